The van der Waals surface area contributed by atoms with Gasteiger partial charge in [0, 0.05) is 21.7 Å². The molecule has 106 valence electrons. The summed E-state index contributed by atoms with van der Waals surface area (Å²) < 4.78 is 0. The molecule has 0 bridgehead atoms. The number of piperidine rings is 1. The minimum Gasteiger partial charge on any atom is -0.507 e. The first-order chi connectivity index (χ1) is 9.65. The van der Waals surface area contributed by atoms with Crippen molar-refractivity contribution in [2.24, 2.45) is 5.92 Å². The molecule has 1 unspecified atom stereocenters. The van der Waals surface area contributed by atoms with Crippen molar-refractivity contribution in [3.8, 4) is 5.75 Å². The number of hydrogen-bond acceptors (Lipinski definition) is 1. The summed E-state index contributed by atoms with van der Waals surface area (Å²) in [5, 5.41) is 13.0. The molecule has 0 spiro atoms. The molecule has 3 rings (SSSR count). The molecular formula is C17H21ClNO+. The highest BCUT2D eigenvalue weighted by molar-refractivity contribution is 6.35. The zero-order valence-corrected chi connectivity index (χ0v) is 12.6. The molecule has 3 heteroatoms. The van der Waals surface area contributed by atoms with Crippen LogP contribution in [0.15, 0.2) is 30.3 Å². The molecule has 2 aromatic carbocycles. The summed E-state index contributed by atoms with van der Waals surface area (Å²) in [5.41, 5.74) is 0.970. The summed E-state index contributed by atoms with van der Waals surface area (Å²) in [6, 6.07) is 9.72. The van der Waals surface area contributed by atoms with Crippen molar-refractivity contribution >= 4 is 22.4 Å². The highest BCUT2D eigenvalue weighted by atomic mass is 35.5. The molecule has 2 aromatic rings. The number of aromatic hydroxyl groups is 1. The Kier molecular flexibility index (Phi) is 3.86. The summed E-state index contributed by atoms with van der Waals surface area (Å²) in [4.78, 5) is 1.55. The predicted octanol–water partition coefficient (Wildman–Crippen LogP) is 3.01. The summed E-state index contributed by atoms with van der Waals surface area (Å²) >= 11 is 6.36. The van der Waals surface area contributed by atoms with E-state index in [0.29, 0.717) is 5.75 Å². The number of likely N-dealkylation sites (tertiary alicyclic amines) is 1. The molecule has 1 heterocycles. The fraction of sp³-hybridized carbons (Fsp3) is 0.412. The zero-order valence-electron chi connectivity index (χ0n) is 11.8. The maximum Gasteiger partial charge on any atom is 0.132 e. The van der Waals surface area contributed by atoms with Gasteiger partial charge in [0.25, 0.3) is 0 Å². The fourth-order valence-corrected chi connectivity index (χ4v) is 3.63. The Bertz CT molecular complexity index is 626. The lowest BCUT2D eigenvalue weighted by Crippen LogP contribution is -3.12. The van der Waals surface area contributed by atoms with Gasteiger partial charge >= 0.3 is 0 Å². The minimum atomic E-state index is 0.399. The molecule has 1 saturated heterocycles. The van der Waals surface area contributed by atoms with Gasteiger partial charge in [-0.15, -0.1) is 0 Å². The molecule has 20 heavy (non-hydrogen) atoms. The van der Waals surface area contributed by atoms with Gasteiger partial charge in [-0.05, 0) is 18.9 Å². The van der Waals surface area contributed by atoms with E-state index in [9.17, 15) is 5.11 Å². The Hall–Kier alpha value is -1.25. The van der Waals surface area contributed by atoms with Crippen LogP contribution < -0.4 is 4.90 Å². The summed E-state index contributed by atoms with van der Waals surface area (Å²) in [7, 11) is 0. The highest BCUT2D eigenvalue weighted by Crippen LogP contribution is 2.33. The van der Waals surface area contributed by atoms with Gasteiger partial charge in [-0.1, -0.05) is 42.8 Å². The van der Waals surface area contributed by atoms with E-state index < -0.39 is 0 Å². The zero-order chi connectivity index (χ0) is 14.1. The smallest absolute Gasteiger partial charge is 0.132 e. The lowest BCUT2D eigenvalue weighted by molar-refractivity contribution is -0.922. The lowest BCUT2D eigenvalue weighted by atomic mass is 9.99. The van der Waals surface area contributed by atoms with Crippen LogP contribution in [0.3, 0.4) is 0 Å². The maximum absolute atomic E-state index is 10.5. The number of benzene rings is 2. The number of phenols is 1. The van der Waals surface area contributed by atoms with Crippen LogP contribution in [-0.4, -0.2) is 18.2 Å². The summed E-state index contributed by atoms with van der Waals surface area (Å²) in [6.45, 7) is 5.55. The number of phenolic OH excluding ortho intramolecular Hbond substituents is 1. The third-order valence-electron chi connectivity index (χ3n) is 4.35. The Balaban J connectivity index is 1.93. The maximum atomic E-state index is 10.5. The van der Waals surface area contributed by atoms with Crippen LogP contribution in [0, 0.1) is 5.92 Å². The van der Waals surface area contributed by atoms with Gasteiger partial charge in [0.15, 0.2) is 0 Å². The van der Waals surface area contributed by atoms with Crippen molar-refractivity contribution in [3.05, 3.63) is 40.9 Å². The van der Waals surface area contributed by atoms with Crippen LogP contribution in [-0.2, 0) is 6.54 Å². The molecule has 2 nitrogen and oxygen atoms in total. The second-order valence-electron chi connectivity index (χ2n) is 6.04. The predicted molar refractivity (Wildman–Crippen MR) is 83.4 cm³/mol. The molecule has 0 saturated carbocycles. The second-order valence-corrected chi connectivity index (χ2v) is 6.45. The van der Waals surface area contributed by atoms with Crippen molar-refractivity contribution in [1.29, 1.82) is 0 Å². The van der Waals surface area contributed by atoms with E-state index in [4.69, 9.17) is 11.6 Å². The average Bonchev–Trinajstić information content (AvgIpc) is 2.45. The van der Waals surface area contributed by atoms with Crippen molar-refractivity contribution in [3.63, 3.8) is 0 Å². The topological polar surface area (TPSA) is 24.7 Å². The van der Waals surface area contributed by atoms with Crippen molar-refractivity contribution < 1.29 is 10.0 Å². The molecule has 2 atom stereocenters. The molecule has 1 aliphatic rings. The van der Waals surface area contributed by atoms with Crippen molar-refractivity contribution in [2.45, 2.75) is 26.3 Å². The molecule has 0 aliphatic carbocycles. The van der Waals surface area contributed by atoms with E-state index in [1.54, 1.807) is 4.90 Å². The van der Waals surface area contributed by atoms with E-state index in [0.717, 1.165) is 33.8 Å². The van der Waals surface area contributed by atoms with E-state index in [1.807, 2.05) is 30.3 Å². The first-order valence-corrected chi connectivity index (χ1v) is 7.75. The average molecular weight is 291 g/mol. The Labute approximate surface area is 125 Å². The first kappa shape index (κ1) is 13.7. The lowest BCUT2D eigenvalue weighted by Gasteiger charge is -2.28. The van der Waals surface area contributed by atoms with Gasteiger partial charge in [0.05, 0.1) is 18.7 Å². The number of quaternary nitrogens is 1. The van der Waals surface area contributed by atoms with Gasteiger partial charge in [0.2, 0.25) is 0 Å². The largest absolute Gasteiger partial charge is 0.507 e. The number of rotatable bonds is 2. The molecule has 1 aliphatic heterocycles. The highest BCUT2D eigenvalue weighted by Gasteiger charge is 2.21. The minimum absolute atomic E-state index is 0.399. The monoisotopic (exact) mass is 290 g/mol. The van der Waals surface area contributed by atoms with E-state index >= 15 is 0 Å². The van der Waals surface area contributed by atoms with E-state index in [-0.39, 0.29) is 0 Å². The van der Waals surface area contributed by atoms with Crippen LogP contribution in [0.2, 0.25) is 5.02 Å². The van der Waals surface area contributed by atoms with Crippen LogP contribution in [0.1, 0.15) is 25.3 Å². The molecule has 2 N–H and O–H groups in total. The van der Waals surface area contributed by atoms with Gasteiger partial charge in [-0.2, -0.15) is 0 Å². The molecule has 0 amide bonds. The van der Waals surface area contributed by atoms with E-state index in [2.05, 4.69) is 6.92 Å². The molecule has 0 radical (unpaired) electrons. The molecule has 1 fully saturated rings. The van der Waals surface area contributed by atoms with Gasteiger partial charge in [-0.3, -0.25) is 0 Å². The Morgan fingerprint density at radius 2 is 2.05 bits per heavy atom. The molecular weight excluding hydrogens is 270 g/mol. The summed E-state index contributed by atoms with van der Waals surface area (Å²) in [5.74, 6) is 1.17. The Morgan fingerprint density at radius 1 is 1.30 bits per heavy atom. The van der Waals surface area contributed by atoms with Crippen molar-refractivity contribution in [1.82, 2.24) is 0 Å². The van der Waals surface area contributed by atoms with Crippen LogP contribution in [0.5, 0.6) is 5.75 Å². The normalized spacial score (nSPS) is 23.1. The number of halogens is 1. The third kappa shape index (κ3) is 2.63. The third-order valence-corrected chi connectivity index (χ3v) is 4.66. The second kappa shape index (κ2) is 5.63. The van der Waals surface area contributed by atoms with Gasteiger partial charge in [0.1, 0.15) is 12.3 Å². The SMILES string of the molecule is C[C@H]1CCC[NH+](Cc2cc(Cl)c3ccccc3c2O)C1. The number of fused-ring (bicyclic) bond motifs is 1. The van der Waals surface area contributed by atoms with Gasteiger partial charge < -0.3 is 10.0 Å². The fourth-order valence-electron chi connectivity index (χ4n) is 3.33. The quantitative estimate of drug-likeness (QED) is 0.873. The van der Waals surface area contributed by atoms with Crippen LogP contribution >= 0.6 is 11.6 Å². The van der Waals surface area contributed by atoms with Crippen LogP contribution in [0.4, 0.5) is 0 Å². The van der Waals surface area contributed by atoms with E-state index in [1.165, 1.54) is 25.9 Å². The number of nitrogens with one attached hydrogen (secondary N) is 1. The van der Waals surface area contributed by atoms with Crippen molar-refractivity contribution in [2.75, 3.05) is 13.1 Å². The first-order valence-electron chi connectivity index (χ1n) is 7.38. The Morgan fingerprint density at radius 3 is 2.80 bits per heavy atom. The van der Waals surface area contributed by atoms with Gasteiger partial charge in [-0.25, -0.2) is 0 Å². The number of hydrogen-bond donors (Lipinski definition) is 2. The molecule has 0 aromatic heterocycles. The standard InChI is InChI=1S/C17H20ClNO/c1-12-5-4-8-19(10-12)11-13-9-16(18)14-6-2-3-7-15(14)17(13)20/h2-3,6-7,9,12,20H,4-5,8,10-11H2,1H3/p+1/t12-/m0/s1. The van der Waals surface area contributed by atoms with Crippen LogP contribution in [0.25, 0.3) is 10.8 Å². The summed E-state index contributed by atoms with van der Waals surface area (Å²) in [6.07, 6.45) is 2.60.